The summed E-state index contributed by atoms with van der Waals surface area (Å²) in [6.45, 7) is 4.45. The third-order valence-electron chi connectivity index (χ3n) is 2.50. The van der Waals surface area contributed by atoms with Crippen LogP contribution in [0.1, 0.15) is 13.8 Å². The molecule has 3 N–H and O–H groups in total. The monoisotopic (exact) mass is 274 g/mol. The number of halogens is 1. The van der Waals surface area contributed by atoms with Gasteiger partial charge >= 0.3 is 0 Å². The zero-order valence-electron chi connectivity index (χ0n) is 9.04. The molecule has 1 aromatic rings. The van der Waals surface area contributed by atoms with Crippen molar-refractivity contribution in [1.82, 2.24) is 9.97 Å². The maximum absolute atomic E-state index is 11.4. The van der Waals surface area contributed by atoms with Crippen LogP contribution in [0.4, 0.5) is 5.82 Å². The van der Waals surface area contributed by atoms with Crippen LogP contribution in [0.2, 0.25) is 0 Å². The van der Waals surface area contributed by atoms with Gasteiger partial charge in [0.05, 0.1) is 6.33 Å². The summed E-state index contributed by atoms with van der Waals surface area (Å²) in [6.07, 6.45) is 1.38. The van der Waals surface area contributed by atoms with Crippen molar-refractivity contribution in [2.45, 2.75) is 19.4 Å². The molecule has 1 heterocycles. The van der Waals surface area contributed by atoms with E-state index in [1.807, 2.05) is 25.8 Å². The van der Waals surface area contributed by atoms with Crippen molar-refractivity contribution in [1.29, 1.82) is 0 Å². The van der Waals surface area contributed by atoms with E-state index < -0.39 is 0 Å². The third kappa shape index (κ3) is 2.38. The number of hydrogen-bond donors (Lipinski definition) is 2. The molecule has 0 bridgehead atoms. The van der Waals surface area contributed by atoms with Gasteiger partial charge in [0.1, 0.15) is 4.47 Å². The van der Waals surface area contributed by atoms with E-state index >= 15 is 0 Å². The molecule has 0 aromatic carbocycles. The molecule has 0 spiro atoms. The van der Waals surface area contributed by atoms with E-state index in [9.17, 15) is 4.79 Å². The molecule has 0 aliphatic carbocycles. The van der Waals surface area contributed by atoms with Gasteiger partial charge < -0.3 is 15.6 Å². The number of H-pyrrole nitrogens is 1. The molecule has 0 unspecified atom stereocenters. The smallest absolute Gasteiger partial charge is 0.267 e. The van der Waals surface area contributed by atoms with Crippen LogP contribution in [0.15, 0.2) is 15.6 Å². The lowest BCUT2D eigenvalue weighted by Crippen LogP contribution is -2.48. The Kier molecular flexibility index (Phi) is 3.51. The van der Waals surface area contributed by atoms with Gasteiger partial charge in [-0.05, 0) is 29.8 Å². The average Bonchev–Trinajstić information content (AvgIpc) is 2.21. The molecule has 0 fully saturated rings. The van der Waals surface area contributed by atoms with Gasteiger partial charge in [0, 0.05) is 19.1 Å². The molecule has 0 atom stereocenters. The van der Waals surface area contributed by atoms with Gasteiger partial charge in [0.25, 0.3) is 5.56 Å². The van der Waals surface area contributed by atoms with Crippen molar-refractivity contribution >= 4 is 21.7 Å². The summed E-state index contributed by atoms with van der Waals surface area (Å²) < 4.78 is 0.425. The van der Waals surface area contributed by atoms with E-state index in [2.05, 4.69) is 25.9 Å². The fourth-order valence-electron chi connectivity index (χ4n) is 1.03. The number of anilines is 1. The summed E-state index contributed by atoms with van der Waals surface area (Å²) in [5.74, 6) is 0.592. The Morgan fingerprint density at radius 3 is 2.80 bits per heavy atom. The molecule has 0 radical (unpaired) electrons. The van der Waals surface area contributed by atoms with Crippen molar-refractivity contribution in [2.75, 3.05) is 18.5 Å². The Hall–Kier alpha value is -0.880. The van der Waals surface area contributed by atoms with Crippen LogP contribution in [0, 0.1) is 0 Å². The number of rotatable bonds is 3. The van der Waals surface area contributed by atoms with Crippen LogP contribution in [-0.2, 0) is 0 Å². The quantitative estimate of drug-likeness (QED) is 0.851. The fourth-order valence-corrected chi connectivity index (χ4v) is 1.51. The van der Waals surface area contributed by atoms with Gasteiger partial charge in [0.2, 0.25) is 0 Å². The van der Waals surface area contributed by atoms with E-state index in [1.54, 1.807) is 0 Å². The summed E-state index contributed by atoms with van der Waals surface area (Å²) >= 11 is 3.21. The first-order valence-corrected chi connectivity index (χ1v) is 5.36. The number of hydrogen-bond acceptors (Lipinski definition) is 4. The molecule has 84 valence electrons. The van der Waals surface area contributed by atoms with Crippen molar-refractivity contribution in [3.63, 3.8) is 0 Å². The first-order chi connectivity index (χ1) is 6.90. The van der Waals surface area contributed by atoms with Crippen LogP contribution in [0.5, 0.6) is 0 Å². The Bertz CT molecular complexity index is 401. The van der Waals surface area contributed by atoms with E-state index in [0.29, 0.717) is 16.8 Å². The fraction of sp³-hybridized carbons (Fsp3) is 0.556. The second-order valence-corrected chi connectivity index (χ2v) is 4.74. The van der Waals surface area contributed by atoms with Crippen LogP contribution >= 0.6 is 15.9 Å². The number of aromatic amines is 1. The average molecular weight is 275 g/mol. The van der Waals surface area contributed by atoms with Gasteiger partial charge in [-0.1, -0.05) is 0 Å². The van der Waals surface area contributed by atoms with Gasteiger partial charge in [-0.2, -0.15) is 0 Å². The van der Waals surface area contributed by atoms with Crippen molar-refractivity contribution in [3.05, 3.63) is 21.2 Å². The Labute approximate surface area is 96.8 Å². The normalized spacial score (nSPS) is 11.5. The maximum Gasteiger partial charge on any atom is 0.267 e. The van der Waals surface area contributed by atoms with Crippen molar-refractivity contribution < 1.29 is 0 Å². The highest BCUT2D eigenvalue weighted by atomic mass is 79.9. The van der Waals surface area contributed by atoms with Crippen LogP contribution in [-0.4, -0.2) is 29.1 Å². The number of nitrogens with two attached hydrogens (primary N) is 1. The predicted octanol–water partition coefficient (Wildman–Crippen LogP) is 0.706. The van der Waals surface area contributed by atoms with Crippen LogP contribution in [0.3, 0.4) is 0 Å². The van der Waals surface area contributed by atoms with E-state index in [-0.39, 0.29) is 11.1 Å². The second-order valence-electron chi connectivity index (χ2n) is 3.94. The third-order valence-corrected chi connectivity index (χ3v) is 3.22. The van der Waals surface area contributed by atoms with E-state index in [0.717, 1.165) is 0 Å². The molecule has 5 nitrogen and oxygen atoms in total. The second kappa shape index (κ2) is 4.32. The van der Waals surface area contributed by atoms with E-state index in [1.165, 1.54) is 6.33 Å². The predicted molar refractivity (Wildman–Crippen MR) is 64.1 cm³/mol. The van der Waals surface area contributed by atoms with Gasteiger partial charge in [-0.15, -0.1) is 0 Å². The SMILES string of the molecule is CN(c1nc[nH]c(=O)c1Br)C(C)(C)CN. The molecular formula is C9H15BrN4O. The molecule has 1 aromatic heterocycles. The largest absolute Gasteiger partial charge is 0.352 e. The molecule has 0 aliphatic heterocycles. The zero-order valence-corrected chi connectivity index (χ0v) is 10.6. The molecule has 0 aliphatic rings. The number of nitrogens with one attached hydrogen (secondary N) is 1. The lowest BCUT2D eigenvalue weighted by molar-refractivity contribution is 0.493. The summed E-state index contributed by atoms with van der Waals surface area (Å²) in [4.78, 5) is 19.9. The Morgan fingerprint density at radius 2 is 2.27 bits per heavy atom. The molecule has 0 saturated heterocycles. The van der Waals surface area contributed by atoms with Crippen molar-refractivity contribution in [3.8, 4) is 0 Å². The van der Waals surface area contributed by atoms with E-state index in [4.69, 9.17) is 5.73 Å². The highest BCUT2D eigenvalue weighted by Crippen LogP contribution is 2.23. The zero-order chi connectivity index (χ0) is 11.6. The summed E-state index contributed by atoms with van der Waals surface area (Å²) in [5.41, 5.74) is 5.22. The topological polar surface area (TPSA) is 75.0 Å². The molecule has 0 saturated carbocycles. The molecule has 1 rings (SSSR count). The minimum atomic E-state index is -0.247. The summed E-state index contributed by atoms with van der Waals surface area (Å²) in [5, 5.41) is 0. The lowest BCUT2D eigenvalue weighted by atomic mass is 10.0. The highest BCUT2D eigenvalue weighted by Gasteiger charge is 2.25. The number of nitrogens with zero attached hydrogens (tertiary/aromatic N) is 2. The van der Waals surface area contributed by atoms with Gasteiger partial charge in [-0.25, -0.2) is 4.98 Å². The van der Waals surface area contributed by atoms with Gasteiger partial charge in [-0.3, -0.25) is 4.79 Å². The first kappa shape index (κ1) is 12.2. The minimum Gasteiger partial charge on any atom is -0.352 e. The molecule has 6 heteroatoms. The lowest BCUT2D eigenvalue weighted by Gasteiger charge is -2.35. The maximum atomic E-state index is 11.4. The number of likely N-dealkylation sites (N-methyl/N-ethyl adjacent to an activating group) is 1. The van der Waals surface area contributed by atoms with Crippen molar-refractivity contribution in [2.24, 2.45) is 5.73 Å². The highest BCUT2D eigenvalue weighted by molar-refractivity contribution is 9.10. The number of aromatic nitrogens is 2. The Morgan fingerprint density at radius 1 is 1.67 bits per heavy atom. The summed E-state index contributed by atoms with van der Waals surface area (Å²) in [7, 11) is 1.86. The molecule has 15 heavy (non-hydrogen) atoms. The van der Waals surface area contributed by atoms with Gasteiger partial charge in [0.15, 0.2) is 5.82 Å². The standard InChI is InChI=1S/C9H15BrN4O/c1-9(2,4-11)14(3)7-6(10)8(15)13-5-12-7/h5H,4,11H2,1-3H3,(H,12,13,15). The van der Waals surface area contributed by atoms with Crippen LogP contribution in [0.25, 0.3) is 0 Å². The molecular weight excluding hydrogens is 260 g/mol. The Balaban J connectivity index is 3.17. The summed E-state index contributed by atoms with van der Waals surface area (Å²) in [6, 6.07) is 0. The van der Waals surface area contributed by atoms with Crippen LogP contribution < -0.4 is 16.2 Å². The minimum absolute atomic E-state index is 0.195. The molecule has 0 amide bonds. The first-order valence-electron chi connectivity index (χ1n) is 4.57.